The van der Waals surface area contributed by atoms with Crippen LogP contribution >= 0.6 is 0 Å². The molecule has 1 fully saturated rings. The van der Waals surface area contributed by atoms with Crippen LogP contribution in [0, 0.1) is 11.8 Å². The fourth-order valence-corrected chi connectivity index (χ4v) is 2.76. The smallest absolute Gasteiger partial charge is 0.309 e. The fraction of sp³-hybridized carbons (Fsp3) is 0.556. The van der Waals surface area contributed by atoms with Gasteiger partial charge >= 0.3 is 5.97 Å². The molecule has 0 heterocycles. The van der Waals surface area contributed by atoms with Crippen molar-refractivity contribution < 1.29 is 14.3 Å². The minimum Gasteiger partial charge on any atom is -0.457 e. The Morgan fingerprint density at radius 2 is 1.71 bits per heavy atom. The number of benzene rings is 1. The quantitative estimate of drug-likeness (QED) is 0.611. The number of aryl methyl sites for hydroxylation is 1. The highest BCUT2D eigenvalue weighted by atomic mass is 16.5. The van der Waals surface area contributed by atoms with Crippen LogP contribution in [0.3, 0.4) is 0 Å². The molecule has 0 N–H and O–H groups in total. The van der Waals surface area contributed by atoms with Gasteiger partial charge in [0.1, 0.15) is 0 Å². The molecule has 1 saturated carbocycles. The standard InChI is InChI=1S/C18H24O3/c1-3-14-6-10-15(11-7-14)17(19)12-21-18(20)16-8-4-13(2)5-9-16/h6-7,10-11,13,16H,3-5,8-9,12H2,1-2H3. The van der Waals surface area contributed by atoms with Gasteiger partial charge in [0.25, 0.3) is 0 Å². The Morgan fingerprint density at radius 1 is 1.10 bits per heavy atom. The lowest BCUT2D eigenvalue weighted by molar-refractivity contribution is -0.148. The number of ketones is 1. The normalized spacial score (nSPS) is 21.8. The maximum Gasteiger partial charge on any atom is 0.309 e. The van der Waals surface area contributed by atoms with Gasteiger partial charge < -0.3 is 4.74 Å². The van der Waals surface area contributed by atoms with E-state index in [1.165, 1.54) is 5.56 Å². The van der Waals surface area contributed by atoms with Crippen molar-refractivity contribution in [2.24, 2.45) is 11.8 Å². The lowest BCUT2D eigenvalue weighted by Crippen LogP contribution is -2.25. The molecule has 0 bridgehead atoms. The lowest BCUT2D eigenvalue weighted by Gasteiger charge is -2.24. The van der Waals surface area contributed by atoms with Gasteiger partial charge in [0.05, 0.1) is 5.92 Å². The third-order valence-corrected chi connectivity index (χ3v) is 4.38. The molecular weight excluding hydrogens is 264 g/mol. The average molecular weight is 288 g/mol. The Bertz CT molecular complexity index is 482. The summed E-state index contributed by atoms with van der Waals surface area (Å²) in [6.45, 7) is 4.14. The lowest BCUT2D eigenvalue weighted by atomic mass is 9.83. The molecule has 0 unspecified atom stereocenters. The summed E-state index contributed by atoms with van der Waals surface area (Å²) < 4.78 is 5.20. The van der Waals surface area contributed by atoms with Crippen molar-refractivity contribution in [2.45, 2.75) is 46.0 Å². The van der Waals surface area contributed by atoms with E-state index in [1.54, 1.807) is 12.1 Å². The third-order valence-electron chi connectivity index (χ3n) is 4.38. The van der Waals surface area contributed by atoms with E-state index in [2.05, 4.69) is 13.8 Å². The van der Waals surface area contributed by atoms with Crippen LogP contribution in [0.1, 0.15) is 55.5 Å². The Morgan fingerprint density at radius 3 is 2.29 bits per heavy atom. The van der Waals surface area contributed by atoms with E-state index in [1.807, 2.05) is 12.1 Å². The summed E-state index contributed by atoms with van der Waals surface area (Å²) in [5.41, 5.74) is 1.80. The van der Waals surface area contributed by atoms with E-state index >= 15 is 0 Å². The van der Waals surface area contributed by atoms with E-state index in [0.29, 0.717) is 11.5 Å². The zero-order valence-corrected chi connectivity index (χ0v) is 12.9. The number of ether oxygens (including phenoxy) is 1. The van der Waals surface area contributed by atoms with Crippen molar-refractivity contribution in [3.05, 3.63) is 35.4 Å². The predicted octanol–water partition coefficient (Wildman–Crippen LogP) is 3.80. The molecule has 1 aliphatic carbocycles. The first kappa shape index (κ1) is 15.7. The molecule has 0 spiro atoms. The molecule has 3 nitrogen and oxygen atoms in total. The number of esters is 1. The van der Waals surface area contributed by atoms with Crippen molar-refractivity contribution >= 4 is 11.8 Å². The van der Waals surface area contributed by atoms with Crippen molar-refractivity contribution in [3.8, 4) is 0 Å². The van der Waals surface area contributed by atoms with Crippen LogP contribution in [0.15, 0.2) is 24.3 Å². The zero-order valence-electron chi connectivity index (χ0n) is 12.9. The Hall–Kier alpha value is -1.64. The van der Waals surface area contributed by atoms with E-state index in [4.69, 9.17) is 4.74 Å². The monoisotopic (exact) mass is 288 g/mol. The molecule has 21 heavy (non-hydrogen) atoms. The molecule has 1 aromatic rings. The Labute approximate surface area is 126 Å². The van der Waals surface area contributed by atoms with Crippen LogP contribution in [-0.4, -0.2) is 18.4 Å². The molecule has 114 valence electrons. The molecule has 0 atom stereocenters. The Balaban J connectivity index is 1.81. The first-order chi connectivity index (χ1) is 10.1. The van der Waals surface area contributed by atoms with Crippen LogP contribution in [0.2, 0.25) is 0 Å². The second kappa shape index (κ2) is 7.39. The van der Waals surface area contributed by atoms with Gasteiger partial charge in [-0.3, -0.25) is 9.59 Å². The van der Waals surface area contributed by atoms with Crippen LogP contribution in [0.4, 0.5) is 0 Å². The summed E-state index contributed by atoms with van der Waals surface area (Å²) in [5, 5.41) is 0. The minimum atomic E-state index is -0.208. The van der Waals surface area contributed by atoms with E-state index in [9.17, 15) is 9.59 Å². The maximum atomic E-state index is 12.0. The molecule has 1 aliphatic rings. The second-order valence-electron chi connectivity index (χ2n) is 6.04. The van der Waals surface area contributed by atoms with Crippen molar-refractivity contribution in [1.82, 2.24) is 0 Å². The highest BCUT2D eigenvalue weighted by Gasteiger charge is 2.26. The van der Waals surface area contributed by atoms with Gasteiger partial charge in [0.2, 0.25) is 0 Å². The van der Waals surface area contributed by atoms with Crippen LogP contribution in [0.5, 0.6) is 0 Å². The number of hydrogen-bond acceptors (Lipinski definition) is 3. The van der Waals surface area contributed by atoms with Crippen molar-refractivity contribution in [3.63, 3.8) is 0 Å². The van der Waals surface area contributed by atoms with Crippen LogP contribution in [-0.2, 0) is 16.0 Å². The number of carbonyl (C=O) groups excluding carboxylic acids is 2. The van der Waals surface area contributed by atoms with Gasteiger partial charge in [0, 0.05) is 5.56 Å². The summed E-state index contributed by atoms with van der Waals surface area (Å²) in [7, 11) is 0. The molecular formula is C18H24O3. The van der Waals surface area contributed by atoms with E-state index in [0.717, 1.165) is 32.1 Å². The average Bonchev–Trinajstić information content (AvgIpc) is 2.53. The SMILES string of the molecule is CCc1ccc(C(=O)COC(=O)C2CCC(C)CC2)cc1. The molecule has 0 radical (unpaired) electrons. The highest BCUT2D eigenvalue weighted by Crippen LogP contribution is 2.29. The number of Topliss-reactive ketones (excluding diaryl/α,β-unsaturated/α-hetero) is 1. The second-order valence-corrected chi connectivity index (χ2v) is 6.04. The Kier molecular flexibility index (Phi) is 5.54. The summed E-state index contributed by atoms with van der Waals surface area (Å²) in [6.07, 6.45) is 4.88. The molecule has 0 saturated heterocycles. The summed E-state index contributed by atoms with van der Waals surface area (Å²) >= 11 is 0. The van der Waals surface area contributed by atoms with Gasteiger partial charge in [-0.2, -0.15) is 0 Å². The van der Waals surface area contributed by atoms with Crippen LogP contribution < -0.4 is 0 Å². The summed E-state index contributed by atoms with van der Waals surface area (Å²) in [4.78, 5) is 24.0. The van der Waals surface area contributed by atoms with Gasteiger partial charge in [-0.05, 0) is 43.6 Å². The van der Waals surface area contributed by atoms with Crippen molar-refractivity contribution in [1.29, 1.82) is 0 Å². The minimum absolute atomic E-state index is 0.0172. The third kappa shape index (κ3) is 4.42. The first-order valence-corrected chi connectivity index (χ1v) is 7.89. The zero-order chi connectivity index (χ0) is 15.2. The number of hydrogen-bond donors (Lipinski definition) is 0. The fourth-order valence-electron chi connectivity index (χ4n) is 2.76. The van der Waals surface area contributed by atoms with Gasteiger partial charge in [0.15, 0.2) is 12.4 Å². The molecule has 0 aliphatic heterocycles. The summed E-state index contributed by atoms with van der Waals surface area (Å²) in [5.74, 6) is 0.347. The highest BCUT2D eigenvalue weighted by molar-refractivity contribution is 5.98. The molecule has 0 aromatic heterocycles. The molecule has 0 amide bonds. The predicted molar refractivity (Wildman–Crippen MR) is 82.2 cm³/mol. The topological polar surface area (TPSA) is 43.4 Å². The van der Waals surface area contributed by atoms with Crippen molar-refractivity contribution in [2.75, 3.05) is 6.61 Å². The molecule has 2 rings (SSSR count). The van der Waals surface area contributed by atoms with Gasteiger partial charge in [-0.1, -0.05) is 38.1 Å². The van der Waals surface area contributed by atoms with E-state index in [-0.39, 0.29) is 24.3 Å². The summed E-state index contributed by atoms with van der Waals surface area (Å²) in [6, 6.07) is 7.49. The molecule has 3 heteroatoms. The largest absolute Gasteiger partial charge is 0.457 e. The first-order valence-electron chi connectivity index (χ1n) is 7.89. The number of rotatable bonds is 5. The molecule has 1 aromatic carbocycles. The van der Waals surface area contributed by atoms with Gasteiger partial charge in [-0.25, -0.2) is 0 Å². The van der Waals surface area contributed by atoms with Gasteiger partial charge in [-0.15, -0.1) is 0 Å². The van der Waals surface area contributed by atoms with Crippen LogP contribution in [0.25, 0.3) is 0 Å². The maximum absolute atomic E-state index is 12.0. The number of carbonyl (C=O) groups is 2. The van der Waals surface area contributed by atoms with E-state index < -0.39 is 0 Å².